The molecule has 0 aliphatic heterocycles. The minimum Gasteiger partial charge on any atom is -0.361 e. The van der Waals surface area contributed by atoms with Crippen LogP contribution in [0.25, 0.3) is 11.4 Å². The van der Waals surface area contributed by atoms with E-state index in [9.17, 15) is 4.79 Å². The minimum atomic E-state index is -0.0244. The number of hydrogen-bond donors (Lipinski definition) is 1. The number of aromatic nitrogens is 3. The lowest BCUT2D eigenvalue weighted by Gasteiger charge is -2.04. The highest BCUT2D eigenvalue weighted by molar-refractivity contribution is 5.75. The molecule has 0 aliphatic rings. The molecule has 0 atom stereocenters. The molecule has 1 N–H and O–H groups in total. The Kier molecular flexibility index (Phi) is 5.46. The summed E-state index contributed by atoms with van der Waals surface area (Å²) in [6, 6.07) is 7.89. The third kappa shape index (κ3) is 4.17. The quantitative estimate of drug-likeness (QED) is 0.700. The van der Waals surface area contributed by atoms with Crippen molar-refractivity contribution in [2.75, 3.05) is 0 Å². The van der Waals surface area contributed by atoms with Crippen molar-refractivity contribution < 1.29 is 13.8 Å². The molecule has 0 fully saturated rings. The molecule has 0 spiro atoms. The van der Waals surface area contributed by atoms with Gasteiger partial charge in [0.05, 0.1) is 5.69 Å². The summed E-state index contributed by atoms with van der Waals surface area (Å²) >= 11 is 0. The first-order valence-electron chi connectivity index (χ1n) is 8.61. The first-order chi connectivity index (χ1) is 12.5. The summed E-state index contributed by atoms with van der Waals surface area (Å²) in [5, 5.41) is 10.8. The second-order valence-corrected chi connectivity index (χ2v) is 6.26. The molecule has 0 aliphatic carbocycles. The molecule has 0 radical (unpaired) electrons. The van der Waals surface area contributed by atoms with Gasteiger partial charge in [-0.3, -0.25) is 4.79 Å². The van der Waals surface area contributed by atoms with Crippen molar-refractivity contribution in [2.24, 2.45) is 0 Å². The van der Waals surface area contributed by atoms with Crippen LogP contribution in [-0.2, 0) is 17.8 Å². The number of nitrogens with one attached hydrogen (secondary N) is 1. The number of aryl methyl sites for hydroxylation is 4. The number of benzene rings is 1. The fourth-order valence-corrected chi connectivity index (χ4v) is 2.72. The number of hydrogen-bond acceptors (Lipinski definition) is 6. The maximum absolute atomic E-state index is 12.0. The van der Waals surface area contributed by atoms with Crippen LogP contribution in [0.15, 0.2) is 33.3 Å². The van der Waals surface area contributed by atoms with E-state index in [1.165, 1.54) is 0 Å². The molecule has 1 aromatic carbocycles. The van der Waals surface area contributed by atoms with E-state index in [2.05, 4.69) is 20.6 Å². The van der Waals surface area contributed by atoms with Crippen LogP contribution in [0.5, 0.6) is 0 Å². The van der Waals surface area contributed by atoms with Gasteiger partial charge in [-0.2, -0.15) is 4.98 Å². The van der Waals surface area contributed by atoms with E-state index in [4.69, 9.17) is 9.05 Å². The molecule has 2 aromatic heterocycles. The van der Waals surface area contributed by atoms with Gasteiger partial charge in [0.25, 0.3) is 0 Å². The smallest absolute Gasteiger partial charge is 0.226 e. The lowest BCUT2D eigenvalue weighted by molar-refractivity contribution is -0.121. The predicted molar refractivity (Wildman–Crippen MR) is 95.2 cm³/mol. The van der Waals surface area contributed by atoms with Crippen molar-refractivity contribution >= 4 is 5.91 Å². The second kappa shape index (κ2) is 7.95. The molecule has 3 aromatic rings. The molecule has 7 nitrogen and oxygen atoms in total. The van der Waals surface area contributed by atoms with E-state index in [0.717, 1.165) is 28.1 Å². The van der Waals surface area contributed by atoms with Crippen molar-refractivity contribution in [3.05, 3.63) is 52.7 Å². The average Bonchev–Trinajstić information content (AvgIpc) is 3.21. The summed E-state index contributed by atoms with van der Waals surface area (Å²) in [5.74, 6) is 1.84. The van der Waals surface area contributed by atoms with Gasteiger partial charge in [-0.1, -0.05) is 34.6 Å². The number of nitrogens with zero attached hydrogens (tertiary/aromatic N) is 3. The van der Waals surface area contributed by atoms with E-state index in [1.807, 2.05) is 45.0 Å². The summed E-state index contributed by atoms with van der Waals surface area (Å²) in [5.41, 5.74) is 3.79. The van der Waals surface area contributed by atoms with Crippen molar-refractivity contribution in [1.82, 2.24) is 20.6 Å². The Labute approximate surface area is 151 Å². The van der Waals surface area contributed by atoms with Gasteiger partial charge in [0.2, 0.25) is 17.6 Å². The van der Waals surface area contributed by atoms with Gasteiger partial charge in [0.1, 0.15) is 5.76 Å². The summed E-state index contributed by atoms with van der Waals surface area (Å²) in [6.45, 7) is 6.13. The van der Waals surface area contributed by atoms with Gasteiger partial charge < -0.3 is 14.4 Å². The topological polar surface area (TPSA) is 94.1 Å². The largest absolute Gasteiger partial charge is 0.361 e. The van der Waals surface area contributed by atoms with Gasteiger partial charge in [0, 0.05) is 30.5 Å². The molecule has 0 saturated carbocycles. The van der Waals surface area contributed by atoms with Gasteiger partial charge in [-0.05, 0) is 32.8 Å². The zero-order valence-electron chi connectivity index (χ0n) is 15.2. The standard InChI is InChI=1S/C19H22N4O3/c1-12-7-4-5-8-15(12)19-21-18(26-23-19)10-6-9-17(24)20-11-16-13(2)22-25-14(16)3/h4-5,7-8H,6,9-11H2,1-3H3,(H,20,24). The monoisotopic (exact) mass is 354 g/mol. The Hall–Kier alpha value is -2.96. The molecular weight excluding hydrogens is 332 g/mol. The van der Waals surface area contributed by atoms with Crippen LogP contribution < -0.4 is 5.32 Å². The molecule has 3 rings (SSSR count). The Bertz CT molecular complexity index is 878. The van der Waals surface area contributed by atoms with E-state index in [-0.39, 0.29) is 5.91 Å². The van der Waals surface area contributed by atoms with E-state index >= 15 is 0 Å². The third-order valence-electron chi connectivity index (χ3n) is 4.29. The van der Waals surface area contributed by atoms with Crippen molar-refractivity contribution in [3.8, 4) is 11.4 Å². The van der Waals surface area contributed by atoms with Crippen molar-refractivity contribution in [2.45, 2.75) is 46.6 Å². The van der Waals surface area contributed by atoms with E-state index < -0.39 is 0 Å². The first-order valence-corrected chi connectivity index (χ1v) is 8.61. The summed E-state index contributed by atoms with van der Waals surface area (Å²) < 4.78 is 10.4. The van der Waals surface area contributed by atoms with Gasteiger partial charge >= 0.3 is 0 Å². The molecule has 0 bridgehead atoms. The molecule has 26 heavy (non-hydrogen) atoms. The first kappa shape index (κ1) is 17.8. The molecular formula is C19H22N4O3. The Morgan fingerprint density at radius 1 is 1.12 bits per heavy atom. The van der Waals surface area contributed by atoms with Crippen LogP contribution in [0.1, 0.15) is 41.3 Å². The van der Waals surface area contributed by atoms with Gasteiger partial charge in [-0.15, -0.1) is 0 Å². The van der Waals surface area contributed by atoms with Crippen LogP contribution in [0.4, 0.5) is 0 Å². The highest BCUT2D eigenvalue weighted by Crippen LogP contribution is 2.20. The maximum atomic E-state index is 12.0. The number of carbonyl (C=O) groups is 1. The summed E-state index contributed by atoms with van der Waals surface area (Å²) in [6.07, 6.45) is 1.60. The maximum Gasteiger partial charge on any atom is 0.226 e. The average molecular weight is 354 g/mol. The fourth-order valence-electron chi connectivity index (χ4n) is 2.72. The molecule has 1 amide bonds. The molecule has 7 heteroatoms. The molecule has 0 saturated heterocycles. The molecule has 2 heterocycles. The Morgan fingerprint density at radius 3 is 2.65 bits per heavy atom. The van der Waals surface area contributed by atoms with Crippen molar-refractivity contribution in [1.29, 1.82) is 0 Å². The summed E-state index contributed by atoms with van der Waals surface area (Å²) in [4.78, 5) is 16.4. The number of amides is 1. The highest BCUT2D eigenvalue weighted by atomic mass is 16.5. The number of rotatable bonds is 7. The SMILES string of the molecule is Cc1ccccc1-c1noc(CCCC(=O)NCc2c(C)noc2C)n1. The fraction of sp³-hybridized carbons (Fsp3) is 0.368. The third-order valence-corrected chi connectivity index (χ3v) is 4.29. The Morgan fingerprint density at radius 2 is 1.92 bits per heavy atom. The van der Waals surface area contributed by atoms with Crippen LogP contribution in [0, 0.1) is 20.8 Å². The molecule has 0 unspecified atom stereocenters. The van der Waals surface area contributed by atoms with Gasteiger partial charge in [0.15, 0.2) is 0 Å². The lowest BCUT2D eigenvalue weighted by Crippen LogP contribution is -2.23. The molecule has 136 valence electrons. The lowest BCUT2D eigenvalue weighted by atomic mass is 10.1. The number of carbonyl (C=O) groups excluding carboxylic acids is 1. The van der Waals surface area contributed by atoms with E-state index in [0.29, 0.717) is 37.5 Å². The van der Waals surface area contributed by atoms with Crippen LogP contribution >= 0.6 is 0 Å². The van der Waals surface area contributed by atoms with Gasteiger partial charge in [-0.25, -0.2) is 0 Å². The van der Waals surface area contributed by atoms with Crippen LogP contribution in [0.3, 0.4) is 0 Å². The zero-order valence-corrected chi connectivity index (χ0v) is 15.2. The second-order valence-electron chi connectivity index (χ2n) is 6.26. The minimum absolute atomic E-state index is 0.0244. The predicted octanol–water partition coefficient (Wildman–Crippen LogP) is 3.29. The highest BCUT2D eigenvalue weighted by Gasteiger charge is 2.12. The van der Waals surface area contributed by atoms with Crippen LogP contribution in [-0.4, -0.2) is 21.2 Å². The summed E-state index contributed by atoms with van der Waals surface area (Å²) in [7, 11) is 0. The van der Waals surface area contributed by atoms with Crippen molar-refractivity contribution in [3.63, 3.8) is 0 Å². The van der Waals surface area contributed by atoms with Crippen LogP contribution in [0.2, 0.25) is 0 Å². The normalized spacial score (nSPS) is 10.9. The Balaban J connectivity index is 1.46. The van der Waals surface area contributed by atoms with E-state index in [1.54, 1.807) is 0 Å². The zero-order chi connectivity index (χ0) is 18.5.